The van der Waals surface area contributed by atoms with Crippen LogP contribution in [0.2, 0.25) is 0 Å². The second kappa shape index (κ2) is 6.78. The number of fused-ring (bicyclic) bond motifs is 2. The lowest BCUT2D eigenvalue weighted by molar-refractivity contribution is -0.633. The van der Waals surface area contributed by atoms with E-state index >= 15 is 0 Å². The Bertz CT molecular complexity index is 1390. The van der Waals surface area contributed by atoms with Gasteiger partial charge in [-0.3, -0.25) is 0 Å². The van der Waals surface area contributed by atoms with E-state index in [0.29, 0.717) is 0 Å². The first-order chi connectivity index (χ1) is 14.3. The van der Waals surface area contributed by atoms with Crippen LogP contribution in [0, 0.1) is 6.92 Å². The van der Waals surface area contributed by atoms with Gasteiger partial charge in [0, 0.05) is 5.41 Å². The summed E-state index contributed by atoms with van der Waals surface area (Å²) in [6.45, 7) is 8.89. The second-order valence-electron chi connectivity index (χ2n) is 8.95. The van der Waals surface area contributed by atoms with Gasteiger partial charge < -0.3 is 0 Å². The summed E-state index contributed by atoms with van der Waals surface area (Å²) in [5, 5.41) is 1.18. The summed E-state index contributed by atoms with van der Waals surface area (Å²) in [4.78, 5) is 5.00. The Morgan fingerprint density at radius 3 is 2.37 bits per heavy atom. The molecule has 0 unspecified atom stereocenters. The summed E-state index contributed by atoms with van der Waals surface area (Å²) in [6.07, 6.45) is 0. The molecule has 4 heteroatoms. The van der Waals surface area contributed by atoms with Gasteiger partial charge in [0.1, 0.15) is 5.69 Å². The van der Waals surface area contributed by atoms with Crippen LogP contribution in [0.4, 0.5) is 0 Å². The molecule has 5 aromatic rings. The quantitative estimate of drug-likeness (QED) is 0.310. The average Bonchev–Trinajstić information content (AvgIpc) is 3.27. The van der Waals surface area contributed by atoms with Crippen LogP contribution in [0.1, 0.15) is 31.3 Å². The molecule has 30 heavy (non-hydrogen) atoms. The third-order valence-electron chi connectivity index (χ3n) is 5.64. The minimum Gasteiger partial charge on any atom is -0.241 e. The van der Waals surface area contributed by atoms with E-state index in [1.165, 1.54) is 37.7 Å². The highest BCUT2D eigenvalue weighted by atomic mass is 32.1. The van der Waals surface area contributed by atoms with Crippen molar-refractivity contribution >= 4 is 32.6 Å². The molecule has 0 atom stereocenters. The number of hydrogen-bond donors (Lipinski definition) is 0. The van der Waals surface area contributed by atoms with Crippen LogP contribution in [-0.4, -0.2) is 9.55 Å². The Balaban J connectivity index is 1.84. The highest BCUT2D eigenvalue weighted by Gasteiger charge is 2.28. The molecule has 5 rings (SSSR count). The molecule has 0 saturated heterocycles. The molecule has 0 amide bonds. The predicted molar refractivity (Wildman–Crippen MR) is 127 cm³/mol. The molecule has 0 aliphatic rings. The molecular formula is C26H26N3S+. The maximum atomic E-state index is 5.00. The van der Waals surface area contributed by atoms with Gasteiger partial charge in [0.2, 0.25) is 0 Å². The fourth-order valence-corrected chi connectivity index (χ4v) is 5.20. The Morgan fingerprint density at radius 1 is 0.933 bits per heavy atom. The minimum absolute atomic E-state index is 0.0569. The van der Waals surface area contributed by atoms with E-state index in [-0.39, 0.29) is 5.41 Å². The zero-order valence-electron chi connectivity index (χ0n) is 18.1. The molecule has 0 spiro atoms. The van der Waals surface area contributed by atoms with E-state index in [2.05, 4.69) is 111 Å². The Morgan fingerprint density at radius 2 is 1.63 bits per heavy atom. The minimum atomic E-state index is 0.0569. The average molecular weight is 413 g/mol. The number of imidazole rings is 1. The Hall–Kier alpha value is -2.98. The van der Waals surface area contributed by atoms with E-state index in [0.717, 1.165) is 11.2 Å². The van der Waals surface area contributed by atoms with Crippen molar-refractivity contribution in [1.29, 1.82) is 0 Å². The summed E-state index contributed by atoms with van der Waals surface area (Å²) in [5.74, 6) is 1.17. The smallest absolute Gasteiger partial charge is 0.241 e. The molecule has 3 aromatic carbocycles. The van der Waals surface area contributed by atoms with Gasteiger partial charge in [0.05, 0.1) is 27.8 Å². The van der Waals surface area contributed by atoms with Crippen LogP contribution in [0.25, 0.3) is 38.3 Å². The van der Waals surface area contributed by atoms with Gasteiger partial charge in [-0.25, -0.2) is 9.55 Å². The van der Waals surface area contributed by atoms with Gasteiger partial charge in [0.25, 0.3) is 5.82 Å². The molecule has 0 aliphatic carbocycles. The molecule has 2 aromatic heterocycles. The lowest BCUT2D eigenvalue weighted by Crippen LogP contribution is -2.30. The molecule has 2 heterocycles. The standard InChI is InChI=1S/C26H26N3S/c1-17-15-23-20(27-25(30-23)26(2,3)4)16-19(17)24-28(5)21-13-9-10-14-22(21)29(24)18-11-7-6-8-12-18/h6-16H,1-5H3/q+1. The first-order valence-electron chi connectivity index (χ1n) is 10.3. The van der Waals surface area contributed by atoms with Crippen molar-refractivity contribution in [2.45, 2.75) is 33.1 Å². The van der Waals surface area contributed by atoms with Crippen molar-refractivity contribution in [2.75, 3.05) is 0 Å². The highest BCUT2D eigenvalue weighted by molar-refractivity contribution is 7.18. The number of aromatic nitrogens is 3. The molecule has 0 aliphatic heterocycles. The van der Waals surface area contributed by atoms with E-state index < -0.39 is 0 Å². The lowest BCUT2D eigenvalue weighted by atomic mass is 9.98. The van der Waals surface area contributed by atoms with Crippen molar-refractivity contribution < 1.29 is 4.57 Å². The van der Waals surface area contributed by atoms with Crippen molar-refractivity contribution in [3.05, 3.63) is 77.3 Å². The van der Waals surface area contributed by atoms with Gasteiger partial charge in [-0.1, -0.05) is 51.1 Å². The molecule has 0 fully saturated rings. The number of aryl methyl sites for hydroxylation is 2. The number of para-hydroxylation sites is 3. The van der Waals surface area contributed by atoms with Gasteiger partial charge in [-0.05, 0) is 48.9 Å². The summed E-state index contributed by atoms with van der Waals surface area (Å²) >= 11 is 1.81. The van der Waals surface area contributed by atoms with E-state index in [9.17, 15) is 0 Å². The maximum Gasteiger partial charge on any atom is 0.295 e. The van der Waals surface area contributed by atoms with Crippen LogP contribution >= 0.6 is 11.3 Å². The number of rotatable bonds is 2. The maximum absolute atomic E-state index is 5.00. The van der Waals surface area contributed by atoms with Crippen molar-refractivity contribution in [3.8, 4) is 17.1 Å². The van der Waals surface area contributed by atoms with E-state index in [1.54, 1.807) is 0 Å². The highest BCUT2D eigenvalue weighted by Crippen LogP contribution is 2.36. The lowest BCUT2D eigenvalue weighted by Gasteiger charge is -2.13. The van der Waals surface area contributed by atoms with Gasteiger partial charge in [-0.15, -0.1) is 11.3 Å². The van der Waals surface area contributed by atoms with E-state index in [4.69, 9.17) is 4.98 Å². The summed E-state index contributed by atoms with van der Waals surface area (Å²) < 4.78 is 5.92. The van der Waals surface area contributed by atoms with Crippen LogP contribution < -0.4 is 4.57 Å². The summed E-state index contributed by atoms with van der Waals surface area (Å²) in [6, 6.07) is 23.8. The topological polar surface area (TPSA) is 21.7 Å². The van der Waals surface area contributed by atoms with Crippen LogP contribution in [0.3, 0.4) is 0 Å². The normalized spacial score (nSPS) is 12.2. The SMILES string of the molecule is Cc1cc2sc(C(C)(C)C)nc2cc1-c1n(-c2ccccc2)c2ccccc2[n+]1C. The molecule has 0 N–H and O–H groups in total. The number of hydrogen-bond acceptors (Lipinski definition) is 2. The first kappa shape index (κ1) is 19.0. The summed E-state index contributed by atoms with van der Waals surface area (Å²) in [7, 11) is 2.16. The number of benzene rings is 3. The number of thiazole rings is 1. The van der Waals surface area contributed by atoms with Crippen LogP contribution in [0.15, 0.2) is 66.7 Å². The molecular weight excluding hydrogens is 386 g/mol. The van der Waals surface area contributed by atoms with Crippen molar-refractivity contribution in [3.63, 3.8) is 0 Å². The molecule has 0 radical (unpaired) electrons. The van der Waals surface area contributed by atoms with E-state index in [1.807, 2.05) is 11.3 Å². The summed E-state index contributed by atoms with van der Waals surface area (Å²) in [5.41, 5.74) is 7.20. The largest absolute Gasteiger partial charge is 0.295 e. The van der Waals surface area contributed by atoms with Crippen molar-refractivity contribution in [2.24, 2.45) is 7.05 Å². The Kier molecular flexibility index (Phi) is 4.30. The third kappa shape index (κ3) is 2.94. The molecule has 3 nitrogen and oxygen atoms in total. The van der Waals surface area contributed by atoms with Crippen molar-refractivity contribution in [1.82, 2.24) is 9.55 Å². The number of nitrogens with zero attached hydrogens (tertiary/aromatic N) is 3. The van der Waals surface area contributed by atoms with Crippen LogP contribution in [0.5, 0.6) is 0 Å². The second-order valence-corrected chi connectivity index (χ2v) is 9.98. The fourth-order valence-electron chi connectivity index (χ4n) is 4.09. The molecule has 0 saturated carbocycles. The van der Waals surface area contributed by atoms with Crippen LogP contribution in [-0.2, 0) is 12.5 Å². The van der Waals surface area contributed by atoms with Gasteiger partial charge >= 0.3 is 0 Å². The monoisotopic (exact) mass is 412 g/mol. The Labute approximate surface area is 181 Å². The van der Waals surface area contributed by atoms with Gasteiger partial charge in [-0.2, -0.15) is 4.57 Å². The van der Waals surface area contributed by atoms with Gasteiger partial charge in [0.15, 0.2) is 11.0 Å². The third-order valence-corrected chi connectivity index (χ3v) is 7.09. The molecule has 0 bridgehead atoms. The fraction of sp³-hybridized carbons (Fsp3) is 0.231. The zero-order chi connectivity index (χ0) is 21.0. The molecule has 150 valence electrons. The zero-order valence-corrected chi connectivity index (χ0v) is 18.9. The predicted octanol–water partition coefficient (Wildman–Crippen LogP) is 6.34. The first-order valence-corrected chi connectivity index (χ1v) is 11.1.